The molecule has 0 radical (unpaired) electrons. The van der Waals surface area contributed by atoms with Gasteiger partial charge in [0.2, 0.25) is 0 Å². The van der Waals surface area contributed by atoms with Crippen LogP contribution in [-0.2, 0) is 18.6 Å². The fourth-order valence-corrected chi connectivity index (χ4v) is 6.16. The van der Waals surface area contributed by atoms with Crippen LogP contribution in [0.25, 0.3) is 21.8 Å². The van der Waals surface area contributed by atoms with Gasteiger partial charge in [-0.1, -0.05) is 69.7 Å². The molecule has 5 nitrogen and oxygen atoms in total. The third kappa shape index (κ3) is 5.64. The lowest BCUT2D eigenvalue weighted by Gasteiger charge is -2.32. The molecule has 0 amide bonds. The quantitative estimate of drug-likeness (QED) is 0.189. The highest BCUT2D eigenvalue weighted by Crippen LogP contribution is 2.39. The standard InChI is InChI=1S/C34H51B2NO4/c1-11-12-13-14-15-16-17-24(2)37-29-22-25(35-38-31(3,4)32(5,6)39-35)18-20-27(29)28-21-19-26(23-30(28)37)36-40-33(7,8)34(9,10)41-36/h18-24H,11-17H2,1-10H3. The van der Waals surface area contributed by atoms with Crippen LogP contribution in [0.2, 0.25) is 0 Å². The first kappa shape index (κ1) is 30.7. The number of hydrogen-bond acceptors (Lipinski definition) is 4. The zero-order valence-electron chi connectivity index (χ0n) is 27.2. The molecule has 1 aromatic heterocycles. The molecule has 2 aromatic carbocycles. The molecule has 222 valence electrons. The molecule has 3 heterocycles. The highest BCUT2D eigenvalue weighted by Gasteiger charge is 2.53. The highest BCUT2D eigenvalue weighted by atomic mass is 16.7. The summed E-state index contributed by atoms with van der Waals surface area (Å²) in [6, 6.07) is 13.8. The monoisotopic (exact) mass is 559 g/mol. The highest BCUT2D eigenvalue weighted by molar-refractivity contribution is 6.63. The summed E-state index contributed by atoms with van der Waals surface area (Å²) in [4.78, 5) is 0. The number of fused-ring (bicyclic) bond motifs is 3. The van der Waals surface area contributed by atoms with E-state index in [2.05, 4.69) is 110 Å². The second-order valence-electron chi connectivity index (χ2n) is 14.5. The molecule has 2 aliphatic rings. The van der Waals surface area contributed by atoms with Gasteiger partial charge in [0.15, 0.2) is 0 Å². The van der Waals surface area contributed by atoms with E-state index in [9.17, 15) is 0 Å². The summed E-state index contributed by atoms with van der Waals surface area (Å²) in [5.41, 5.74) is 3.11. The molecule has 0 aliphatic carbocycles. The van der Waals surface area contributed by atoms with Gasteiger partial charge in [0.1, 0.15) is 0 Å². The van der Waals surface area contributed by atoms with Crippen molar-refractivity contribution >= 4 is 47.0 Å². The Hall–Kier alpha value is -1.79. The molecule has 0 spiro atoms. The molecule has 0 bridgehead atoms. The van der Waals surface area contributed by atoms with Gasteiger partial charge in [-0.25, -0.2) is 0 Å². The topological polar surface area (TPSA) is 41.9 Å². The third-order valence-electron chi connectivity index (χ3n) is 10.3. The molecule has 2 fully saturated rings. The van der Waals surface area contributed by atoms with Crippen molar-refractivity contribution in [2.24, 2.45) is 0 Å². The molecule has 5 rings (SSSR count). The van der Waals surface area contributed by atoms with Crippen molar-refractivity contribution in [3.63, 3.8) is 0 Å². The normalized spacial score (nSPS) is 21.8. The van der Waals surface area contributed by atoms with Crippen LogP contribution >= 0.6 is 0 Å². The van der Waals surface area contributed by atoms with E-state index in [0.29, 0.717) is 6.04 Å². The number of nitrogens with zero attached hydrogens (tertiary/aromatic N) is 1. The number of unbranched alkanes of at least 4 members (excludes halogenated alkanes) is 5. The fourth-order valence-electron chi connectivity index (χ4n) is 6.16. The maximum absolute atomic E-state index is 6.45. The minimum Gasteiger partial charge on any atom is -0.399 e. The summed E-state index contributed by atoms with van der Waals surface area (Å²) < 4.78 is 28.3. The molecule has 2 saturated heterocycles. The lowest BCUT2D eigenvalue weighted by atomic mass is 9.78. The molecule has 2 aliphatic heterocycles. The minimum atomic E-state index is -0.384. The zero-order valence-corrected chi connectivity index (χ0v) is 27.2. The molecule has 0 N–H and O–H groups in total. The average molecular weight is 559 g/mol. The Bertz CT molecular complexity index is 1270. The summed E-state index contributed by atoms with van der Waals surface area (Å²) >= 11 is 0. The van der Waals surface area contributed by atoms with Crippen molar-refractivity contribution in [1.82, 2.24) is 4.57 Å². The van der Waals surface area contributed by atoms with E-state index in [4.69, 9.17) is 18.6 Å². The van der Waals surface area contributed by atoms with Crippen LogP contribution in [0.1, 0.15) is 120 Å². The van der Waals surface area contributed by atoms with Gasteiger partial charge in [0, 0.05) is 27.8 Å². The summed E-state index contributed by atoms with van der Waals surface area (Å²) in [7, 11) is -0.768. The molecule has 1 unspecified atom stereocenters. The van der Waals surface area contributed by atoms with E-state index in [1.807, 2.05) is 0 Å². The molecule has 1 atom stereocenters. The van der Waals surface area contributed by atoms with Gasteiger partial charge in [0.25, 0.3) is 0 Å². The van der Waals surface area contributed by atoms with Crippen LogP contribution in [0.15, 0.2) is 36.4 Å². The Morgan fingerprint density at radius 2 is 1.00 bits per heavy atom. The average Bonchev–Trinajstić information content (AvgIpc) is 3.42. The molecule has 7 heteroatoms. The molecular weight excluding hydrogens is 508 g/mol. The maximum atomic E-state index is 6.45. The molecule has 0 saturated carbocycles. The van der Waals surface area contributed by atoms with Crippen LogP contribution in [0.3, 0.4) is 0 Å². The van der Waals surface area contributed by atoms with Crippen molar-refractivity contribution in [2.75, 3.05) is 0 Å². The summed E-state index contributed by atoms with van der Waals surface area (Å²) in [6.45, 7) is 21.6. The van der Waals surface area contributed by atoms with Gasteiger partial charge >= 0.3 is 14.2 Å². The molecule has 3 aromatic rings. The van der Waals surface area contributed by atoms with Gasteiger partial charge < -0.3 is 23.2 Å². The Balaban J connectivity index is 1.54. The van der Waals surface area contributed by atoms with E-state index in [1.165, 1.54) is 60.3 Å². The zero-order chi connectivity index (χ0) is 29.8. The first-order valence-electron chi connectivity index (χ1n) is 16.0. The van der Waals surface area contributed by atoms with Crippen LogP contribution in [0, 0.1) is 0 Å². The number of hydrogen-bond donors (Lipinski definition) is 0. The van der Waals surface area contributed by atoms with Gasteiger partial charge in [0.05, 0.1) is 22.4 Å². The van der Waals surface area contributed by atoms with Gasteiger partial charge in [-0.15, -0.1) is 0 Å². The van der Waals surface area contributed by atoms with E-state index < -0.39 is 0 Å². The van der Waals surface area contributed by atoms with Gasteiger partial charge in [-0.05, 0) is 91.8 Å². The first-order chi connectivity index (χ1) is 19.2. The fraction of sp³-hybridized carbons (Fsp3) is 0.647. The lowest BCUT2D eigenvalue weighted by Crippen LogP contribution is -2.41. The predicted molar refractivity (Wildman–Crippen MR) is 174 cm³/mol. The second kappa shape index (κ2) is 11.0. The Labute approximate surface area is 248 Å². The predicted octanol–water partition coefficient (Wildman–Crippen LogP) is 7.70. The number of benzene rings is 2. The largest absolute Gasteiger partial charge is 0.494 e. The van der Waals surface area contributed by atoms with Crippen LogP contribution in [0.4, 0.5) is 0 Å². The molecule has 41 heavy (non-hydrogen) atoms. The van der Waals surface area contributed by atoms with Gasteiger partial charge in [-0.2, -0.15) is 0 Å². The van der Waals surface area contributed by atoms with Crippen molar-refractivity contribution in [1.29, 1.82) is 0 Å². The van der Waals surface area contributed by atoms with Crippen molar-refractivity contribution in [3.05, 3.63) is 36.4 Å². The smallest absolute Gasteiger partial charge is 0.399 e. The summed E-state index contributed by atoms with van der Waals surface area (Å²) in [6.07, 6.45) is 8.97. The summed E-state index contributed by atoms with van der Waals surface area (Å²) in [5.74, 6) is 0. The SMILES string of the molecule is CCCCCCCCC(C)n1c2cc(B3OC(C)(C)C(C)(C)O3)ccc2c2ccc(B3OC(C)(C)C(C)(C)O3)cc21. The van der Waals surface area contributed by atoms with E-state index >= 15 is 0 Å². The van der Waals surface area contributed by atoms with Gasteiger partial charge in [-0.3, -0.25) is 0 Å². The third-order valence-corrected chi connectivity index (χ3v) is 10.3. The number of rotatable bonds is 10. The number of aromatic nitrogens is 1. The minimum absolute atomic E-state index is 0.350. The Morgan fingerprint density at radius 1 is 0.610 bits per heavy atom. The Morgan fingerprint density at radius 3 is 1.41 bits per heavy atom. The van der Waals surface area contributed by atoms with Crippen molar-refractivity contribution < 1.29 is 18.6 Å². The second-order valence-corrected chi connectivity index (χ2v) is 14.5. The van der Waals surface area contributed by atoms with Crippen molar-refractivity contribution in [2.45, 2.75) is 143 Å². The van der Waals surface area contributed by atoms with Crippen LogP contribution in [0.5, 0.6) is 0 Å². The maximum Gasteiger partial charge on any atom is 0.494 e. The van der Waals surface area contributed by atoms with Crippen molar-refractivity contribution in [3.8, 4) is 0 Å². The van der Waals surface area contributed by atoms with E-state index in [1.54, 1.807) is 0 Å². The van der Waals surface area contributed by atoms with Crippen LogP contribution in [-0.4, -0.2) is 41.2 Å². The molecular formula is C34H51B2NO4. The van der Waals surface area contributed by atoms with Crippen LogP contribution < -0.4 is 10.9 Å². The Kier molecular flexibility index (Phi) is 8.26. The lowest BCUT2D eigenvalue weighted by molar-refractivity contribution is 0.00578. The van der Waals surface area contributed by atoms with E-state index in [0.717, 1.165) is 17.3 Å². The van der Waals surface area contributed by atoms with E-state index in [-0.39, 0.29) is 36.6 Å². The summed E-state index contributed by atoms with van der Waals surface area (Å²) in [5, 5.41) is 2.52. The first-order valence-corrected chi connectivity index (χ1v) is 16.0.